The summed E-state index contributed by atoms with van der Waals surface area (Å²) in [5.41, 5.74) is 3.41. The van der Waals surface area contributed by atoms with Crippen LogP contribution in [0.1, 0.15) is 16.1 Å². The van der Waals surface area contributed by atoms with E-state index in [4.69, 9.17) is 9.15 Å². The number of benzene rings is 4. The Hall–Kier alpha value is -4.98. The molecule has 0 aliphatic rings. The van der Waals surface area contributed by atoms with Crippen molar-refractivity contribution >= 4 is 28.7 Å². The van der Waals surface area contributed by atoms with Crippen LogP contribution in [0.25, 0.3) is 33.2 Å². The average Bonchev–Trinajstić information content (AvgIpc) is 3.31. The fourth-order valence-corrected chi connectivity index (χ4v) is 3.93. The van der Waals surface area contributed by atoms with Crippen LogP contribution in [-0.4, -0.2) is 17.2 Å². The van der Waals surface area contributed by atoms with Gasteiger partial charge in [-0.3, -0.25) is 5.32 Å². The third-order valence-electron chi connectivity index (χ3n) is 5.75. The van der Waals surface area contributed by atoms with E-state index in [1.165, 1.54) is 48.5 Å². The number of carboxylic acids is 1. The number of aromatic carboxylic acids is 1. The number of furan rings is 1. The van der Waals surface area contributed by atoms with Gasteiger partial charge in [-0.25, -0.2) is 18.4 Å². The van der Waals surface area contributed by atoms with Crippen molar-refractivity contribution in [2.45, 2.75) is 6.61 Å². The van der Waals surface area contributed by atoms with Gasteiger partial charge in [-0.15, -0.1) is 0 Å². The molecule has 1 aromatic heterocycles. The molecule has 2 N–H and O–H groups in total. The zero-order chi connectivity index (χ0) is 25.9. The highest BCUT2D eigenvalue weighted by atomic mass is 19.1. The third-order valence-corrected chi connectivity index (χ3v) is 5.75. The number of hydrogen-bond acceptors (Lipinski definition) is 4. The quantitative estimate of drug-likeness (QED) is 0.253. The van der Waals surface area contributed by atoms with Crippen molar-refractivity contribution in [2.75, 3.05) is 5.32 Å². The zero-order valence-corrected chi connectivity index (χ0v) is 19.2. The Kier molecular flexibility index (Phi) is 6.38. The predicted octanol–water partition coefficient (Wildman–Crippen LogP) is 7.49. The van der Waals surface area contributed by atoms with E-state index >= 15 is 0 Å². The molecular weight excluding hydrogens is 480 g/mol. The first kappa shape index (κ1) is 23.7. The molecule has 184 valence electrons. The maximum absolute atomic E-state index is 13.2. The monoisotopic (exact) mass is 499 g/mol. The summed E-state index contributed by atoms with van der Waals surface area (Å²) in [4.78, 5) is 24.2. The summed E-state index contributed by atoms with van der Waals surface area (Å²) in [5, 5.41) is 12.8. The van der Waals surface area contributed by atoms with Gasteiger partial charge in [0.05, 0.1) is 11.3 Å². The highest BCUT2D eigenvalue weighted by Crippen LogP contribution is 2.28. The normalized spacial score (nSPS) is 10.9. The van der Waals surface area contributed by atoms with Crippen LogP contribution in [0, 0.1) is 11.6 Å². The van der Waals surface area contributed by atoms with E-state index in [0.717, 1.165) is 16.5 Å². The number of rotatable bonds is 6. The number of anilines is 1. The van der Waals surface area contributed by atoms with Crippen molar-refractivity contribution in [3.8, 4) is 22.3 Å². The van der Waals surface area contributed by atoms with Crippen LogP contribution in [0.3, 0.4) is 0 Å². The zero-order valence-electron chi connectivity index (χ0n) is 19.2. The molecule has 5 aromatic rings. The molecule has 0 unspecified atom stereocenters. The predicted molar refractivity (Wildman–Crippen MR) is 134 cm³/mol. The van der Waals surface area contributed by atoms with E-state index in [1.807, 2.05) is 12.1 Å². The summed E-state index contributed by atoms with van der Waals surface area (Å²) in [5.74, 6) is -1.56. The Bertz CT molecular complexity index is 1610. The van der Waals surface area contributed by atoms with E-state index in [-0.39, 0.29) is 23.7 Å². The molecular formula is C29H19F2NO5. The van der Waals surface area contributed by atoms with Crippen LogP contribution < -0.4 is 5.32 Å². The fraction of sp³-hybridized carbons (Fsp3) is 0.0345. The number of carbonyl (C=O) groups is 2. The van der Waals surface area contributed by atoms with E-state index in [9.17, 15) is 23.5 Å². The smallest absolute Gasteiger partial charge is 0.412 e. The van der Waals surface area contributed by atoms with Gasteiger partial charge in [-0.1, -0.05) is 36.4 Å². The van der Waals surface area contributed by atoms with Gasteiger partial charge in [-0.2, -0.15) is 0 Å². The van der Waals surface area contributed by atoms with Gasteiger partial charge < -0.3 is 14.3 Å². The van der Waals surface area contributed by atoms with Crippen molar-refractivity contribution in [1.29, 1.82) is 0 Å². The van der Waals surface area contributed by atoms with Crippen molar-refractivity contribution in [1.82, 2.24) is 0 Å². The van der Waals surface area contributed by atoms with Crippen molar-refractivity contribution in [2.24, 2.45) is 0 Å². The summed E-state index contributed by atoms with van der Waals surface area (Å²) >= 11 is 0. The van der Waals surface area contributed by atoms with Crippen molar-refractivity contribution in [3.05, 3.63) is 114 Å². The fourth-order valence-electron chi connectivity index (χ4n) is 3.93. The van der Waals surface area contributed by atoms with Crippen LogP contribution in [-0.2, 0) is 11.3 Å². The molecule has 0 spiro atoms. The SMILES string of the molecule is O=C(Nc1ccc(-c2ccc(F)cc2)cc1C(=O)O)OCc1cc2cc(-c3ccc(F)cc3)ccc2o1. The second kappa shape index (κ2) is 9.94. The number of amides is 1. The van der Waals surface area contributed by atoms with Gasteiger partial charge in [0.1, 0.15) is 23.0 Å². The molecule has 0 fully saturated rings. The highest BCUT2D eigenvalue weighted by Gasteiger charge is 2.16. The Morgan fingerprint density at radius 3 is 1.95 bits per heavy atom. The molecule has 0 aliphatic heterocycles. The minimum absolute atomic E-state index is 0.0527. The summed E-state index contributed by atoms with van der Waals surface area (Å²) in [6.45, 7) is -0.178. The number of carbonyl (C=O) groups excluding carboxylic acids is 1. The molecule has 0 radical (unpaired) electrons. The van der Waals surface area contributed by atoms with Gasteiger partial charge in [-0.05, 0) is 76.9 Å². The van der Waals surface area contributed by atoms with Gasteiger partial charge >= 0.3 is 12.1 Å². The molecule has 0 aliphatic carbocycles. The number of ether oxygens (including phenoxy) is 1. The number of halogens is 2. The molecule has 0 saturated heterocycles. The standard InChI is InChI=1S/C29H19F2NO5/c30-22-7-1-17(2-8-22)19-6-12-27-21(13-19)14-24(37-27)16-36-29(35)32-26-11-5-20(15-25(26)28(33)34)18-3-9-23(31)10-4-18/h1-15H,16H2,(H,32,35)(H,33,34). The Morgan fingerprint density at radius 1 is 0.757 bits per heavy atom. The van der Waals surface area contributed by atoms with Gasteiger partial charge in [0, 0.05) is 5.39 Å². The molecule has 37 heavy (non-hydrogen) atoms. The molecule has 1 amide bonds. The van der Waals surface area contributed by atoms with E-state index in [2.05, 4.69) is 5.32 Å². The van der Waals surface area contributed by atoms with Gasteiger partial charge in [0.15, 0.2) is 6.61 Å². The van der Waals surface area contributed by atoms with Crippen molar-refractivity contribution in [3.63, 3.8) is 0 Å². The molecule has 4 aromatic carbocycles. The lowest BCUT2D eigenvalue weighted by Crippen LogP contribution is -2.16. The second-order valence-corrected chi connectivity index (χ2v) is 8.25. The second-order valence-electron chi connectivity index (χ2n) is 8.25. The summed E-state index contributed by atoms with van der Waals surface area (Å²) in [6, 6.07) is 23.5. The Morgan fingerprint density at radius 2 is 1.32 bits per heavy atom. The van der Waals surface area contributed by atoms with Crippen molar-refractivity contribution < 1.29 is 32.6 Å². The lowest BCUT2D eigenvalue weighted by Gasteiger charge is -2.11. The minimum Gasteiger partial charge on any atom is -0.478 e. The first-order valence-corrected chi connectivity index (χ1v) is 11.2. The topological polar surface area (TPSA) is 88.8 Å². The van der Waals surface area contributed by atoms with Crippen LogP contribution in [0.5, 0.6) is 0 Å². The third kappa shape index (κ3) is 5.33. The van der Waals surface area contributed by atoms with E-state index in [1.54, 1.807) is 30.3 Å². The minimum atomic E-state index is -1.24. The molecule has 5 rings (SSSR count). The van der Waals surface area contributed by atoms with E-state index < -0.39 is 17.9 Å². The lowest BCUT2D eigenvalue weighted by molar-refractivity contribution is 0.0698. The number of hydrogen-bond donors (Lipinski definition) is 2. The van der Waals surface area contributed by atoms with Crippen LogP contribution >= 0.6 is 0 Å². The summed E-state index contributed by atoms with van der Waals surface area (Å²) < 4.78 is 37.4. The molecule has 1 heterocycles. The summed E-state index contributed by atoms with van der Waals surface area (Å²) in [7, 11) is 0. The molecule has 6 nitrogen and oxygen atoms in total. The Balaban J connectivity index is 1.27. The maximum atomic E-state index is 13.2. The number of fused-ring (bicyclic) bond motifs is 1. The van der Waals surface area contributed by atoms with Crippen LogP contribution in [0.15, 0.2) is 95.4 Å². The van der Waals surface area contributed by atoms with E-state index in [0.29, 0.717) is 22.5 Å². The summed E-state index contributed by atoms with van der Waals surface area (Å²) in [6.07, 6.45) is -0.857. The highest BCUT2D eigenvalue weighted by molar-refractivity contribution is 6.00. The first-order valence-electron chi connectivity index (χ1n) is 11.2. The molecule has 0 atom stereocenters. The van der Waals surface area contributed by atoms with Crippen LogP contribution in [0.2, 0.25) is 0 Å². The average molecular weight is 499 g/mol. The molecule has 0 saturated carbocycles. The maximum Gasteiger partial charge on any atom is 0.412 e. The first-order chi connectivity index (χ1) is 17.9. The van der Waals surface area contributed by atoms with Gasteiger partial charge in [0.2, 0.25) is 0 Å². The molecule has 8 heteroatoms. The number of nitrogens with one attached hydrogen (secondary N) is 1. The Labute approximate surface area is 209 Å². The van der Waals surface area contributed by atoms with Crippen LogP contribution in [0.4, 0.5) is 19.3 Å². The van der Waals surface area contributed by atoms with Gasteiger partial charge in [0.25, 0.3) is 0 Å². The molecule has 0 bridgehead atoms. The lowest BCUT2D eigenvalue weighted by atomic mass is 10.0. The number of carboxylic acid groups (broad SMARTS) is 1. The largest absolute Gasteiger partial charge is 0.478 e.